The maximum absolute atomic E-state index is 9.07. The van der Waals surface area contributed by atoms with Crippen LogP contribution in [0.2, 0.25) is 0 Å². The van der Waals surface area contributed by atoms with Crippen LogP contribution >= 0.6 is 0 Å². The molecule has 2 rings (SSSR count). The zero-order chi connectivity index (χ0) is 9.10. The number of hydrogen-bond donors (Lipinski definition) is 1. The van der Waals surface area contributed by atoms with Gasteiger partial charge in [-0.25, -0.2) is 0 Å². The van der Waals surface area contributed by atoms with Crippen molar-refractivity contribution in [1.29, 1.82) is 0 Å². The molecular weight excluding hydrogens is 166 g/mol. The number of aliphatic hydroxyl groups is 1. The van der Waals surface area contributed by atoms with Gasteiger partial charge >= 0.3 is 0 Å². The molecule has 0 spiro atoms. The Balaban J connectivity index is 2.00. The molecule has 1 aromatic rings. The number of nitrogens with zero attached hydrogens (tertiary/aromatic N) is 3. The zero-order valence-electron chi connectivity index (χ0n) is 7.63. The van der Waals surface area contributed by atoms with Gasteiger partial charge in [-0.3, -0.25) is 0 Å². The highest BCUT2D eigenvalue weighted by Crippen LogP contribution is 2.31. The minimum Gasteiger partial charge on any atom is -0.396 e. The molecule has 0 amide bonds. The second-order valence-electron chi connectivity index (χ2n) is 3.78. The highest BCUT2D eigenvalue weighted by atomic mass is 16.3. The molecule has 1 fully saturated rings. The van der Waals surface area contributed by atoms with Crippen molar-refractivity contribution in [3.8, 4) is 0 Å². The average molecular weight is 181 g/mol. The molecule has 1 heterocycles. The maximum atomic E-state index is 9.07. The van der Waals surface area contributed by atoms with Crippen LogP contribution in [0.25, 0.3) is 0 Å². The third kappa shape index (κ3) is 1.88. The normalized spacial score (nSPS) is 29.0. The van der Waals surface area contributed by atoms with Gasteiger partial charge < -0.3 is 9.67 Å². The Hall–Kier alpha value is -0.900. The summed E-state index contributed by atoms with van der Waals surface area (Å²) in [7, 11) is 0. The predicted octanol–water partition coefficient (Wildman–Crippen LogP) is 1.00. The van der Waals surface area contributed by atoms with E-state index < -0.39 is 0 Å². The quantitative estimate of drug-likeness (QED) is 0.740. The molecule has 1 aromatic heterocycles. The summed E-state index contributed by atoms with van der Waals surface area (Å²) < 4.78 is 2.06. The molecule has 0 saturated heterocycles. The first kappa shape index (κ1) is 8.69. The van der Waals surface area contributed by atoms with Crippen molar-refractivity contribution in [2.45, 2.75) is 31.7 Å². The predicted molar refractivity (Wildman–Crippen MR) is 48.1 cm³/mol. The largest absolute Gasteiger partial charge is 0.396 e. The number of aromatic nitrogens is 3. The lowest BCUT2D eigenvalue weighted by atomic mass is 9.86. The van der Waals surface area contributed by atoms with Gasteiger partial charge in [-0.1, -0.05) is 6.42 Å². The lowest BCUT2D eigenvalue weighted by Crippen LogP contribution is -2.20. The van der Waals surface area contributed by atoms with Crippen LogP contribution in [0.4, 0.5) is 0 Å². The summed E-state index contributed by atoms with van der Waals surface area (Å²) in [6.07, 6.45) is 8.15. The molecular formula is C9H15N3O. The Bertz CT molecular complexity index is 247. The van der Waals surface area contributed by atoms with E-state index in [1.807, 2.05) is 0 Å². The smallest absolute Gasteiger partial charge is 0.119 e. The SMILES string of the molecule is OCC1CCCC(n2cnnc2)C1. The first-order valence-electron chi connectivity index (χ1n) is 4.85. The van der Waals surface area contributed by atoms with E-state index in [4.69, 9.17) is 5.11 Å². The van der Waals surface area contributed by atoms with Crippen LogP contribution in [0, 0.1) is 5.92 Å². The Kier molecular flexibility index (Phi) is 2.59. The van der Waals surface area contributed by atoms with Crippen LogP contribution in [0.1, 0.15) is 31.7 Å². The van der Waals surface area contributed by atoms with E-state index in [-0.39, 0.29) is 0 Å². The first-order chi connectivity index (χ1) is 6.40. The van der Waals surface area contributed by atoms with Crippen LogP contribution in [0.3, 0.4) is 0 Å². The van der Waals surface area contributed by atoms with Gasteiger partial charge in [-0.15, -0.1) is 10.2 Å². The van der Waals surface area contributed by atoms with Crippen LogP contribution in [0.5, 0.6) is 0 Å². The van der Waals surface area contributed by atoms with Gasteiger partial charge in [0.25, 0.3) is 0 Å². The standard InChI is InChI=1S/C9H15N3O/c13-5-8-2-1-3-9(4-8)12-6-10-11-7-12/h6-9,13H,1-5H2. The minimum atomic E-state index is 0.318. The van der Waals surface area contributed by atoms with Crippen molar-refractivity contribution in [3.63, 3.8) is 0 Å². The summed E-state index contributed by atoms with van der Waals surface area (Å²) in [4.78, 5) is 0. The fraction of sp³-hybridized carbons (Fsp3) is 0.778. The van der Waals surface area contributed by atoms with Crippen LogP contribution in [-0.2, 0) is 0 Å². The van der Waals surface area contributed by atoms with E-state index in [2.05, 4.69) is 14.8 Å². The molecule has 1 aliphatic carbocycles. The van der Waals surface area contributed by atoms with Gasteiger partial charge in [-0.2, -0.15) is 0 Å². The lowest BCUT2D eigenvalue weighted by Gasteiger charge is -2.28. The van der Waals surface area contributed by atoms with Crippen LogP contribution in [0.15, 0.2) is 12.7 Å². The number of hydrogen-bond acceptors (Lipinski definition) is 3. The van der Waals surface area contributed by atoms with Gasteiger partial charge in [-0.05, 0) is 25.2 Å². The van der Waals surface area contributed by atoms with Gasteiger partial charge in [0.1, 0.15) is 12.7 Å². The lowest BCUT2D eigenvalue weighted by molar-refractivity contribution is 0.162. The molecule has 0 aromatic carbocycles. The van der Waals surface area contributed by atoms with Crippen molar-refractivity contribution < 1.29 is 5.11 Å². The van der Waals surface area contributed by atoms with Crippen molar-refractivity contribution >= 4 is 0 Å². The monoisotopic (exact) mass is 181 g/mol. The summed E-state index contributed by atoms with van der Waals surface area (Å²) in [5, 5.41) is 16.7. The molecule has 4 heteroatoms. The van der Waals surface area contributed by atoms with E-state index in [1.54, 1.807) is 12.7 Å². The Morgan fingerprint density at radius 2 is 2.08 bits per heavy atom. The molecule has 4 nitrogen and oxygen atoms in total. The van der Waals surface area contributed by atoms with Crippen molar-refractivity contribution in [2.75, 3.05) is 6.61 Å². The third-order valence-corrected chi connectivity index (χ3v) is 2.87. The van der Waals surface area contributed by atoms with Crippen molar-refractivity contribution in [3.05, 3.63) is 12.7 Å². The topological polar surface area (TPSA) is 50.9 Å². The molecule has 0 aliphatic heterocycles. The summed E-state index contributed by atoms with van der Waals surface area (Å²) in [6, 6.07) is 0.501. The Morgan fingerprint density at radius 3 is 2.77 bits per heavy atom. The molecule has 1 N–H and O–H groups in total. The molecule has 2 unspecified atom stereocenters. The van der Waals surface area contributed by atoms with Crippen molar-refractivity contribution in [1.82, 2.24) is 14.8 Å². The number of aliphatic hydroxyl groups excluding tert-OH is 1. The molecule has 0 bridgehead atoms. The second kappa shape index (κ2) is 3.87. The van der Waals surface area contributed by atoms with Gasteiger partial charge in [0.2, 0.25) is 0 Å². The molecule has 0 radical (unpaired) electrons. The highest BCUT2D eigenvalue weighted by Gasteiger charge is 2.22. The first-order valence-corrected chi connectivity index (χ1v) is 4.85. The third-order valence-electron chi connectivity index (χ3n) is 2.87. The molecule has 1 aliphatic rings. The summed E-state index contributed by atoms with van der Waals surface area (Å²) in [5.41, 5.74) is 0. The van der Waals surface area contributed by atoms with Crippen LogP contribution in [-0.4, -0.2) is 26.5 Å². The fourth-order valence-corrected chi connectivity index (χ4v) is 2.10. The fourth-order valence-electron chi connectivity index (χ4n) is 2.10. The van der Waals surface area contributed by atoms with Gasteiger partial charge in [0.05, 0.1) is 0 Å². The average Bonchev–Trinajstić information content (AvgIpc) is 2.71. The van der Waals surface area contributed by atoms with Gasteiger partial charge in [0.15, 0.2) is 0 Å². The van der Waals surface area contributed by atoms with E-state index >= 15 is 0 Å². The summed E-state index contributed by atoms with van der Waals surface area (Å²) in [5.74, 6) is 0.473. The van der Waals surface area contributed by atoms with E-state index in [0.717, 1.165) is 12.8 Å². The maximum Gasteiger partial charge on any atom is 0.119 e. The van der Waals surface area contributed by atoms with E-state index in [0.29, 0.717) is 18.6 Å². The zero-order valence-corrected chi connectivity index (χ0v) is 7.63. The highest BCUT2D eigenvalue weighted by molar-refractivity contribution is 4.79. The Labute approximate surface area is 77.6 Å². The summed E-state index contributed by atoms with van der Waals surface area (Å²) >= 11 is 0. The molecule has 13 heavy (non-hydrogen) atoms. The van der Waals surface area contributed by atoms with E-state index in [1.165, 1.54) is 12.8 Å². The second-order valence-corrected chi connectivity index (χ2v) is 3.78. The molecule has 2 atom stereocenters. The summed E-state index contributed by atoms with van der Waals surface area (Å²) in [6.45, 7) is 0.318. The molecule has 1 saturated carbocycles. The molecule has 72 valence electrons. The van der Waals surface area contributed by atoms with E-state index in [9.17, 15) is 0 Å². The minimum absolute atomic E-state index is 0.318. The number of rotatable bonds is 2. The van der Waals surface area contributed by atoms with Gasteiger partial charge in [0, 0.05) is 12.6 Å². The van der Waals surface area contributed by atoms with Crippen LogP contribution < -0.4 is 0 Å². The van der Waals surface area contributed by atoms with Crippen molar-refractivity contribution in [2.24, 2.45) is 5.92 Å². The Morgan fingerprint density at radius 1 is 1.31 bits per heavy atom.